The maximum atomic E-state index is 12.8. The molecule has 0 aliphatic heterocycles. The lowest BCUT2D eigenvalue weighted by molar-refractivity contribution is 0.323. The van der Waals surface area contributed by atoms with Gasteiger partial charge in [0, 0.05) is 11.8 Å². The summed E-state index contributed by atoms with van der Waals surface area (Å²) in [4.78, 5) is 20.0. The van der Waals surface area contributed by atoms with Gasteiger partial charge in [-0.1, -0.05) is 12.1 Å². The van der Waals surface area contributed by atoms with Crippen LogP contribution in [0.5, 0.6) is 23.0 Å². The van der Waals surface area contributed by atoms with Gasteiger partial charge in [0.25, 0.3) is 0 Å². The zero-order valence-electron chi connectivity index (χ0n) is 17.8. The highest BCUT2D eigenvalue weighted by Crippen LogP contribution is 2.38. The van der Waals surface area contributed by atoms with Crippen molar-refractivity contribution < 1.29 is 18.9 Å². The molecule has 4 rings (SSSR count). The predicted octanol–water partition coefficient (Wildman–Crippen LogP) is 3.47. The van der Waals surface area contributed by atoms with E-state index in [1.54, 1.807) is 45.4 Å². The van der Waals surface area contributed by atoms with Crippen molar-refractivity contribution in [2.45, 2.75) is 6.54 Å². The van der Waals surface area contributed by atoms with Crippen LogP contribution in [-0.4, -0.2) is 43.0 Å². The van der Waals surface area contributed by atoms with Gasteiger partial charge in [-0.05, 0) is 35.4 Å². The van der Waals surface area contributed by atoms with Crippen molar-refractivity contribution in [1.29, 1.82) is 0 Å². The molecule has 0 aliphatic carbocycles. The first-order chi connectivity index (χ1) is 15.1. The van der Waals surface area contributed by atoms with Crippen molar-refractivity contribution in [2.75, 3.05) is 28.4 Å². The summed E-state index contributed by atoms with van der Waals surface area (Å²) in [7, 11) is 6.30. The standard InChI is InChI=1S/C23H23N3O5/c1-28-16-7-5-15(6-8-16)17-11-24-12-18-21(17)26(23(27)25-18)13-14-9-19(29-2)22(31-4)20(10-14)30-3/h5-12H,13H2,1-4H3,(H,25,27). The molecule has 2 aromatic carbocycles. The Morgan fingerprint density at radius 3 is 2.16 bits per heavy atom. The van der Waals surface area contributed by atoms with Crippen LogP contribution in [-0.2, 0) is 6.54 Å². The van der Waals surface area contributed by atoms with Gasteiger partial charge in [-0.25, -0.2) is 4.79 Å². The Morgan fingerprint density at radius 2 is 1.58 bits per heavy atom. The van der Waals surface area contributed by atoms with E-state index in [2.05, 4.69) is 9.97 Å². The second-order valence-electron chi connectivity index (χ2n) is 6.86. The summed E-state index contributed by atoms with van der Waals surface area (Å²) in [5.74, 6) is 2.32. The van der Waals surface area contributed by atoms with Crippen LogP contribution in [0, 0.1) is 0 Å². The monoisotopic (exact) mass is 421 g/mol. The molecule has 0 radical (unpaired) electrons. The zero-order chi connectivity index (χ0) is 22.0. The number of rotatable bonds is 7. The molecule has 8 nitrogen and oxygen atoms in total. The SMILES string of the molecule is COc1ccc(-c2cncc3[nH]c(=O)n(Cc4cc(OC)c(OC)c(OC)c4)c23)cc1. The topological polar surface area (TPSA) is 87.6 Å². The largest absolute Gasteiger partial charge is 0.497 e. The smallest absolute Gasteiger partial charge is 0.326 e. The van der Waals surface area contributed by atoms with E-state index in [-0.39, 0.29) is 5.69 Å². The first-order valence-electron chi connectivity index (χ1n) is 9.59. The normalized spacial score (nSPS) is 10.8. The fourth-order valence-corrected chi connectivity index (χ4v) is 3.66. The Bertz CT molecular complexity index is 1250. The molecule has 0 fully saturated rings. The van der Waals surface area contributed by atoms with Crippen molar-refractivity contribution >= 4 is 11.0 Å². The van der Waals surface area contributed by atoms with Gasteiger partial charge in [-0.2, -0.15) is 0 Å². The van der Waals surface area contributed by atoms with Crippen molar-refractivity contribution in [1.82, 2.24) is 14.5 Å². The molecule has 8 heteroatoms. The third kappa shape index (κ3) is 3.68. The van der Waals surface area contributed by atoms with E-state index < -0.39 is 0 Å². The maximum absolute atomic E-state index is 12.8. The van der Waals surface area contributed by atoms with Crippen molar-refractivity contribution in [3.05, 3.63) is 64.8 Å². The first-order valence-corrected chi connectivity index (χ1v) is 9.59. The number of imidazole rings is 1. The average Bonchev–Trinajstić information content (AvgIpc) is 3.13. The first kappa shape index (κ1) is 20.3. The van der Waals surface area contributed by atoms with Gasteiger partial charge in [0.2, 0.25) is 5.75 Å². The molecule has 2 aromatic heterocycles. The molecule has 0 unspecified atom stereocenters. The number of aromatic nitrogens is 3. The molecular weight excluding hydrogens is 398 g/mol. The van der Waals surface area contributed by atoms with Crippen LogP contribution >= 0.6 is 0 Å². The van der Waals surface area contributed by atoms with Crippen LogP contribution < -0.4 is 24.6 Å². The van der Waals surface area contributed by atoms with E-state index in [9.17, 15) is 4.79 Å². The van der Waals surface area contributed by atoms with Gasteiger partial charge < -0.3 is 23.9 Å². The van der Waals surface area contributed by atoms with E-state index >= 15 is 0 Å². The summed E-state index contributed by atoms with van der Waals surface area (Å²) in [6, 6.07) is 11.3. The van der Waals surface area contributed by atoms with Gasteiger partial charge in [0.1, 0.15) is 5.75 Å². The summed E-state index contributed by atoms with van der Waals surface area (Å²) >= 11 is 0. The summed E-state index contributed by atoms with van der Waals surface area (Å²) in [6.45, 7) is 0.308. The molecule has 0 atom stereocenters. The molecule has 2 heterocycles. The number of aromatic amines is 1. The quantitative estimate of drug-likeness (QED) is 0.492. The fraction of sp³-hybridized carbons (Fsp3) is 0.217. The Balaban J connectivity index is 1.85. The average molecular weight is 421 g/mol. The van der Waals surface area contributed by atoms with Gasteiger partial charge in [-0.3, -0.25) is 9.55 Å². The molecule has 31 heavy (non-hydrogen) atoms. The van der Waals surface area contributed by atoms with E-state index in [1.165, 1.54) is 0 Å². The minimum absolute atomic E-state index is 0.230. The molecule has 0 amide bonds. The summed E-state index contributed by atoms with van der Waals surface area (Å²) in [5, 5.41) is 0. The second kappa shape index (κ2) is 8.43. The van der Waals surface area contributed by atoms with Crippen LogP contribution in [0.2, 0.25) is 0 Å². The Labute approximate surface area is 179 Å². The van der Waals surface area contributed by atoms with Crippen LogP contribution in [0.1, 0.15) is 5.56 Å². The van der Waals surface area contributed by atoms with Crippen LogP contribution in [0.25, 0.3) is 22.2 Å². The van der Waals surface area contributed by atoms with Crippen LogP contribution in [0.4, 0.5) is 0 Å². The molecular formula is C23H23N3O5. The number of pyridine rings is 1. The lowest BCUT2D eigenvalue weighted by atomic mass is 10.1. The number of ether oxygens (including phenoxy) is 4. The molecule has 0 aliphatic rings. The number of hydrogen-bond donors (Lipinski definition) is 1. The molecule has 4 aromatic rings. The van der Waals surface area contributed by atoms with E-state index in [4.69, 9.17) is 18.9 Å². The van der Waals surface area contributed by atoms with Gasteiger partial charge in [-0.15, -0.1) is 0 Å². The number of benzene rings is 2. The molecule has 0 saturated heterocycles. The molecule has 160 valence electrons. The van der Waals surface area contributed by atoms with Gasteiger partial charge in [0.15, 0.2) is 11.5 Å². The Hall–Kier alpha value is -3.94. The third-order valence-corrected chi connectivity index (χ3v) is 5.14. The highest BCUT2D eigenvalue weighted by molar-refractivity contribution is 5.91. The highest BCUT2D eigenvalue weighted by Gasteiger charge is 2.17. The Morgan fingerprint density at radius 1 is 0.903 bits per heavy atom. The Kier molecular flexibility index (Phi) is 5.53. The second-order valence-corrected chi connectivity index (χ2v) is 6.86. The molecule has 0 saturated carbocycles. The van der Waals surface area contributed by atoms with E-state index in [0.29, 0.717) is 29.3 Å². The fourth-order valence-electron chi connectivity index (χ4n) is 3.66. The summed E-state index contributed by atoms with van der Waals surface area (Å²) in [5.41, 5.74) is 3.79. The number of fused-ring (bicyclic) bond motifs is 1. The maximum Gasteiger partial charge on any atom is 0.326 e. The minimum Gasteiger partial charge on any atom is -0.497 e. The van der Waals surface area contributed by atoms with Crippen molar-refractivity contribution in [2.24, 2.45) is 0 Å². The molecule has 1 N–H and O–H groups in total. The summed E-state index contributed by atoms with van der Waals surface area (Å²) < 4.78 is 23.2. The molecule has 0 bridgehead atoms. The number of H-pyrrole nitrogens is 1. The number of nitrogens with one attached hydrogen (secondary N) is 1. The molecule has 0 spiro atoms. The van der Waals surface area contributed by atoms with Crippen LogP contribution in [0.3, 0.4) is 0 Å². The van der Waals surface area contributed by atoms with Crippen molar-refractivity contribution in [3.8, 4) is 34.1 Å². The van der Waals surface area contributed by atoms with Gasteiger partial charge >= 0.3 is 5.69 Å². The number of nitrogens with zero attached hydrogens (tertiary/aromatic N) is 2. The van der Waals surface area contributed by atoms with Gasteiger partial charge in [0.05, 0.1) is 52.2 Å². The number of methoxy groups -OCH3 is 4. The van der Waals surface area contributed by atoms with Crippen molar-refractivity contribution in [3.63, 3.8) is 0 Å². The zero-order valence-corrected chi connectivity index (χ0v) is 17.8. The number of hydrogen-bond acceptors (Lipinski definition) is 6. The third-order valence-electron chi connectivity index (χ3n) is 5.14. The van der Waals surface area contributed by atoms with E-state index in [0.717, 1.165) is 28.0 Å². The lowest BCUT2D eigenvalue weighted by Crippen LogP contribution is -2.17. The lowest BCUT2D eigenvalue weighted by Gasteiger charge is -2.15. The van der Waals surface area contributed by atoms with Crippen LogP contribution in [0.15, 0.2) is 53.6 Å². The summed E-state index contributed by atoms with van der Waals surface area (Å²) in [6.07, 6.45) is 3.40. The highest BCUT2D eigenvalue weighted by atomic mass is 16.5. The van der Waals surface area contributed by atoms with E-state index in [1.807, 2.05) is 36.4 Å². The minimum atomic E-state index is -0.230. The predicted molar refractivity (Wildman–Crippen MR) is 118 cm³/mol.